The van der Waals surface area contributed by atoms with Crippen molar-refractivity contribution in [1.82, 2.24) is 14.4 Å². The van der Waals surface area contributed by atoms with Gasteiger partial charge in [-0.1, -0.05) is 31.4 Å². The van der Waals surface area contributed by atoms with E-state index in [1.54, 1.807) is 6.20 Å². The van der Waals surface area contributed by atoms with Gasteiger partial charge in [0.15, 0.2) is 0 Å². The predicted molar refractivity (Wildman–Crippen MR) is 103 cm³/mol. The van der Waals surface area contributed by atoms with E-state index in [4.69, 9.17) is 0 Å². The Labute approximate surface area is 153 Å². The average molecular weight is 348 g/mol. The number of anilines is 1. The third kappa shape index (κ3) is 3.62. The van der Waals surface area contributed by atoms with Gasteiger partial charge in [-0.15, -0.1) is 0 Å². The van der Waals surface area contributed by atoms with Crippen molar-refractivity contribution < 1.29 is 4.79 Å². The van der Waals surface area contributed by atoms with E-state index in [1.807, 2.05) is 48.0 Å². The zero-order valence-electron chi connectivity index (χ0n) is 15.1. The number of benzene rings is 1. The summed E-state index contributed by atoms with van der Waals surface area (Å²) in [4.78, 5) is 21.3. The number of imidazole rings is 1. The highest BCUT2D eigenvalue weighted by molar-refractivity contribution is 5.92. The molecule has 5 nitrogen and oxygen atoms in total. The van der Waals surface area contributed by atoms with Gasteiger partial charge in [-0.2, -0.15) is 0 Å². The number of aromatic nitrogens is 3. The first kappa shape index (κ1) is 16.8. The molecule has 1 amide bonds. The molecule has 2 aromatic heterocycles. The topological polar surface area (TPSA) is 59.3 Å². The lowest BCUT2D eigenvalue weighted by Crippen LogP contribution is -2.18. The molecule has 0 bridgehead atoms. The number of rotatable bonds is 4. The van der Waals surface area contributed by atoms with Crippen LogP contribution in [0.5, 0.6) is 0 Å². The normalized spacial score (nSPS) is 15.3. The molecule has 1 saturated carbocycles. The summed E-state index contributed by atoms with van der Waals surface area (Å²) in [6.07, 6.45) is 12.4. The fourth-order valence-electron chi connectivity index (χ4n) is 3.74. The SMILES string of the molecule is Cc1ccc(-c2cn3cccnc3n2)cc1NC(=O)CC1CCCCC1. The molecule has 134 valence electrons. The summed E-state index contributed by atoms with van der Waals surface area (Å²) in [6.45, 7) is 2.02. The molecular formula is C21H24N4O. The maximum atomic E-state index is 12.5. The van der Waals surface area contributed by atoms with Crippen LogP contribution in [0.2, 0.25) is 0 Å². The third-order valence-corrected chi connectivity index (χ3v) is 5.24. The minimum Gasteiger partial charge on any atom is -0.326 e. The maximum Gasteiger partial charge on any atom is 0.234 e. The van der Waals surface area contributed by atoms with E-state index in [-0.39, 0.29) is 5.91 Å². The van der Waals surface area contributed by atoms with Crippen LogP contribution >= 0.6 is 0 Å². The number of fused-ring (bicyclic) bond motifs is 1. The van der Waals surface area contributed by atoms with Gasteiger partial charge >= 0.3 is 0 Å². The number of hydrogen-bond donors (Lipinski definition) is 1. The molecule has 5 heteroatoms. The van der Waals surface area contributed by atoms with Gasteiger partial charge in [0.25, 0.3) is 0 Å². The van der Waals surface area contributed by atoms with Crippen LogP contribution < -0.4 is 5.32 Å². The Hall–Kier alpha value is -2.69. The van der Waals surface area contributed by atoms with E-state index in [0.29, 0.717) is 18.1 Å². The highest BCUT2D eigenvalue weighted by Crippen LogP contribution is 2.28. The summed E-state index contributed by atoms with van der Waals surface area (Å²) >= 11 is 0. The number of nitrogens with one attached hydrogen (secondary N) is 1. The quantitative estimate of drug-likeness (QED) is 0.749. The van der Waals surface area contributed by atoms with Gasteiger partial charge in [0, 0.05) is 36.3 Å². The van der Waals surface area contributed by atoms with Crippen molar-refractivity contribution in [2.75, 3.05) is 5.32 Å². The molecule has 0 aliphatic heterocycles. The summed E-state index contributed by atoms with van der Waals surface area (Å²) in [5, 5.41) is 3.11. The number of aryl methyl sites for hydroxylation is 1. The molecule has 1 N–H and O–H groups in total. The van der Waals surface area contributed by atoms with Crippen LogP contribution in [0.4, 0.5) is 5.69 Å². The van der Waals surface area contributed by atoms with Gasteiger partial charge in [-0.3, -0.25) is 9.20 Å². The van der Waals surface area contributed by atoms with Crippen molar-refractivity contribution in [1.29, 1.82) is 0 Å². The number of carbonyl (C=O) groups excluding carboxylic acids is 1. The number of carbonyl (C=O) groups is 1. The molecule has 26 heavy (non-hydrogen) atoms. The molecule has 1 aliphatic rings. The Bertz CT molecular complexity index is 892. The minimum absolute atomic E-state index is 0.119. The summed E-state index contributed by atoms with van der Waals surface area (Å²) in [5.41, 5.74) is 3.77. The molecule has 0 saturated heterocycles. The summed E-state index contributed by atoms with van der Waals surface area (Å²) in [7, 11) is 0. The highest BCUT2D eigenvalue weighted by Gasteiger charge is 2.17. The Morgan fingerprint density at radius 1 is 1.27 bits per heavy atom. The van der Waals surface area contributed by atoms with Crippen molar-refractivity contribution in [2.24, 2.45) is 5.92 Å². The first-order valence-electron chi connectivity index (χ1n) is 9.39. The lowest BCUT2D eigenvalue weighted by atomic mass is 9.87. The average Bonchev–Trinajstić information content (AvgIpc) is 3.08. The summed E-state index contributed by atoms with van der Waals surface area (Å²) in [6, 6.07) is 7.96. The standard InChI is InChI=1S/C21H24N4O/c1-15-8-9-17(19-14-25-11-5-10-22-21(25)24-19)13-18(15)23-20(26)12-16-6-3-2-4-7-16/h5,8-11,13-14,16H,2-4,6-7,12H2,1H3,(H,23,26). The van der Waals surface area contributed by atoms with E-state index in [0.717, 1.165) is 22.5 Å². The highest BCUT2D eigenvalue weighted by atomic mass is 16.1. The zero-order valence-corrected chi connectivity index (χ0v) is 15.1. The Kier molecular flexibility index (Phi) is 4.69. The Morgan fingerprint density at radius 2 is 2.12 bits per heavy atom. The first-order valence-corrected chi connectivity index (χ1v) is 9.39. The molecule has 2 heterocycles. The molecule has 0 atom stereocenters. The Morgan fingerprint density at radius 3 is 2.92 bits per heavy atom. The number of amides is 1. The van der Waals surface area contributed by atoms with Crippen LogP contribution in [0, 0.1) is 12.8 Å². The molecule has 0 radical (unpaired) electrons. The number of hydrogen-bond acceptors (Lipinski definition) is 3. The van der Waals surface area contributed by atoms with E-state index in [2.05, 4.69) is 15.3 Å². The zero-order chi connectivity index (χ0) is 17.9. The second-order valence-corrected chi connectivity index (χ2v) is 7.24. The molecular weight excluding hydrogens is 324 g/mol. The second-order valence-electron chi connectivity index (χ2n) is 7.24. The maximum absolute atomic E-state index is 12.5. The lowest BCUT2D eigenvalue weighted by Gasteiger charge is -2.21. The van der Waals surface area contributed by atoms with Gasteiger partial charge in [0.05, 0.1) is 5.69 Å². The van der Waals surface area contributed by atoms with E-state index in [1.165, 1.54) is 32.1 Å². The second kappa shape index (κ2) is 7.28. The minimum atomic E-state index is 0.119. The van der Waals surface area contributed by atoms with Crippen molar-refractivity contribution in [3.8, 4) is 11.3 Å². The molecule has 1 fully saturated rings. The van der Waals surface area contributed by atoms with Crippen LogP contribution in [0.1, 0.15) is 44.1 Å². The van der Waals surface area contributed by atoms with Crippen LogP contribution in [0.25, 0.3) is 17.0 Å². The predicted octanol–water partition coefficient (Wildman–Crippen LogP) is 4.61. The lowest BCUT2D eigenvalue weighted by molar-refractivity contribution is -0.117. The summed E-state index contributed by atoms with van der Waals surface area (Å²) in [5.74, 6) is 1.33. The number of nitrogens with zero attached hydrogens (tertiary/aromatic N) is 3. The van der Waals surface area contributed by atoms with Gasteiger partial charge in [-0.25, -0.2) is 9.97 Å². The molecule has 1 aliphatic carbocycles. The smallest absolute Gasteiger partial charge is 0.234 e. The van der Waals surface area contributed by atoms with Gasteiger partial charge in [-0.05, 0) is 43.4 Å². The van der Waals surface area contributed by atoms with Gasteiger partial charge in [0.1, 0.15) is 0 Å². The van der Waals surface area contributed by atoms with Crippen molar-refractivity contribution >= 4 is 17.4 Å². The third-order valence-electron chi connectivity index (χ3n) is 5.24. The van der Waals surface area contributed by atoms with Crippen molar-refractivity contribution in [3.63, 3.8) is 0 Å². The van der Waals surface area contributed by atoms with Crippen molar-refractivity contribution in [2.45, 2.75) is 45.4 Å². The van der Waals surface area contributed by atoms with E-state index in [9.17, 15) is 4.79 Å². The molecule has 1 aromatic carbocycles. The molecule has 0 spiro atoms. The van der Waals surface area contributed by atoms with Gasteiger partial charge in [0.2, 0.25) is 11.7 Å². The monoisotopic (exact) mass is 348 g/mol. The van der Waals surface area contributed by atoms with Crippen LogP contribution in [0.3, 0.4) is 0 Å². The van der Waals surface area contributed by atoms with Crippen molar-refractivity contribution in [3.05, 3.63) is 48.4 Å². The Balaban J connectivity index is 1.53. The summed E-state index contributed by atoms with van der Waals surface area (Å²) < 4.78 is 1.90. The molecule has 3 aromatic rings. The molecule has 4 rings (SSSR count). The van der Waals surface area contributed by atoms with Crippen LogP contribution in [-0.4, -0.2) is 20.3 Å². The molecule has 0 unspecified atom stereocenters. The largest absolute Gasteiger partial charge is 0.326 e. The fourth-order valence-corrected chi connectivity index (χ4v) is 3.74. The fraction of sp³-hybridized carbons (Fsp3) is 0.381. The van der Waals surface area contributed by atoms with Crippen LogP contribution in [0.15, 0.2) is 42.9 Å². The van der Waals surface area contributed by atoms with E-state index >= 15 is 0 Å². The van der Waals surface area contributed by atoms with E-state index < -0.39 is 0 Å². The van der Waals surface area contributed by atoms with Crippen LogP contribution in [-0.2, 0) is 4.79 Å². The first-order chi connectivity index (χ1) is 12.7. The van der Waals surface area contributed by atoms with Gasteiger partial charge < -0.3 is 5.32 Å².